The van der Waals surface area contributed by atoms with E-state index in [1.807, 2.05) is 19.9 Å². The van der Waals surface area contributed by atoms with Gasteiger partial charge in [0.25, 0.3) is 11.8 Å². The highest BCUT2D eigenvalue weighted by Crippen LogP contribution is 2.33. The van der Waals surface area contributed by atoms with Crippen LogP contribution in [0.5, 0.6) is 5.75 Å². The molecule has 0 aliphatic carbocycles. The zero-order chi connectivity index (χ0) is 31.3. The van der Waals surface area contributed by atoms with Crippen LogP contribution in [0.15, 0.2) is 58.8 Å². The van der Waals surface area contributed by atoms with E-state index in [0.29, 0.717) is 33.4 Å². The summed E-state index contributed by atoms with van der Waals surface area (Å²) in [4.78, 5) is 52.2. The number of carbonyl (C=O) groups is 4. The number of amides is 3. The van der Waals surface area contributed by atoms with E-state index >= 15 is 0 Å². The Kier molecular flexibility index (Phi) is 9.83. The fourth-order valence-corrected chi connectivity index (χ4v) is 5.01. The highest BCUT2D eigenvalue weighted by Gasteiger charge is 2.38. The number of allylic oxidation sites excluding steroid dienone is 1. The van der Waals surface area contributed by atoms with E-state index in [4.69, 9.17) is 33.9 Å². The first-order chi connectivity index (χ1) is 20.5. The van der Waals surface area contributed by atoms with Crippen molar-refractivity contribution < 1.29 is 28.7 Å². The van der Waals surface area contributed by atoms with Gasteiger partial charge in [-0.05, 0) is 81.5 Å². The van der Waals surface area contributed by atoms with Gasteiger partial charge < -0.3 is 25.4 Å². The SMILES string of the molecule is CCOC(=O)C1=C(C)NC(=S)N[C@@H]1c1ccccc1OCC(=O)NN=C[C@@H]1C(=O)NC(=S)N(c2ccc(C)c(C)c2)C1=O. The molecule has 4 N–H and O–H groups in total. The standard InChI is InChI=1S/C29H30N6O6S2/c1-5-40-27(39)23-17(4)31-28(42)32-24(23)19-8-6-7-9-21(19)41-14-22(36)34-30-13-20-25(37)33-29(43)35(26(20)38)18-11-10-15(2)16(3)12-18/h6-13,20,24H,5,14H2,1-4H3,(H,34,36)(H2,31,32,42)(H,33,37,43)/t20-,24-/m1/s1. The predicted molar refractivity (Wildman–Crippen MR) is 167 cm³/mol. The van der Waals surface area contributed by atoms with Crippen LogP contribution < -0.4 is 31.0 Å². The van der Waals surface area contributed by atoms with Crippen molar-refractivity contribution in [2.24, 2.45) is 11.0 Å². The number of hydrogen-bond acceptors (Lipinski definition) is 9. The molecule has 4 rings (SSSR count). The number of nitrogens with zero attached hydrogens (tertiary/aromatic N) is 2. The summed E-state index contributed by atoms with van der Waals surface area (Å²) in [5.74, 6) is -3.44. The minimum Gasteiger partial charge on any atom is -0.483 e. The number of thiocarbonyl (C=S) groups is 2. The number of aryl methyl sites for hydroxylation is 2. The summed E-state index contributed by atoms with van der Waals surface area (Å²) >= 11 is 10.5. The Balaban J connectivity index is 1.43. The quantitative estimate of drug-likeness (QED) is 0.108. The van der Waals surface area contributed by atoms with Crippen LogP contribution in [0.25, 0.3) is 0 Å². The van der Waals surface area contributed by atoms with Gasteiger partial charge in [-0.3, -0.25) is 19.3 Å². The van der Waals surface area contributed by atoms with Gasteiger partial charge >= 0.3 is 5.97 Å². The molecule has 3 amide bonds. The smallest absolute Gasteiger partial charge is 0.338 e. The van der Waals surface area contributed by atoms with E-state index < -0.39 is 42.3 Å². The summed E-state index contributed by atoms with van der Waals surface area (Å²) in [5, 5.41) is 12.6. The largest absolute Gasteiger partial charge is 0.483 e. The van der Waals surface area contributed by atoms with Crippen molar-refractivity contribution in [3.05, 3.63) is 70.4 Å². The second kappa shape index (κ2) is 13.5. The monoisotopic (exact) mass is 622 g/mol. The number of esters is 1. The van der Waals surface area contributed by atoms with Crippen LogP contribution in [-0.4, -0.2) is 53.3 Å². The Morgan fingerprint density at radius 3 is 2.53 bits per heavy atom. The maximum absolute atomic E-state index is 13.2. The van der Waals surface area contributed by atoms with Gasteiger partial charge in [-0.15, -0.1) is 0 Å². The topological polar surface area (TPSA) is 150 Å². The van der Waals surface area contributed by atoms with Gasteiger partial charge in [0.1, 0.15) is 5.75 Å². The highest BCUT2D eigenvalue weighted by atomic mass is 32.1. The van der Waals surface area contributed by atoms with Gasteiger partial charge in [-0.25, -0.2) is 10.2 Å². The van der Waals surface area contributed by atoms with E-state index in [-0.39, 0.29) is 11.7 Å². The molecule has 1 saturated heterocycles. The van der Waals surface area contributed by atoms with Crippen molar-refractivity contribution >= 4 is 70.3 Å². The van der Waals surface area contributed by atoms with Crippen LogP contribution in [0.2, 0.25) is 0 Å². The molecule has 2 aromatic carbocycles. The number of hydrazone groups is 1. The van der Waals surface area contributed by atoms with Gasteiger partial charge in [-0.2, -0.15) is 5.10 Å². The molecule has 2 aromatic rings. The maximum atomic E-state index is 13.2. The summed E-state index contributed by atoms with van der Waals surface area (Å²) in [7, 11) is 0. The Morgan fingerprint density at radius 1 is 1.07 bits per heavy atom. The number of nitrogens with one attached hydrogen (secondary N) is 4. The third-order valence-corrected chi connectivity index (χ3v) is 7.22. The fourth-order valence-electron chi connectivity index (χ4n) is 4.45. The normalized spacial score (nSPS) is 18.7. The van der Waals surface area contributed by atoms with Crippen molar-refractivity contribution in [3.63, 3.8) is 0 Å². The van der Waals surface area contributed by atoms with Crippen molar-refractivity contribution in [3.8, 4) is 5.75 Å². The molecule has 12 nitrogen and oxygen atoms in total. The second-order valence-corrected chi connectivity index (χ2v) is 10.4. The molecule has 14 heteroatoms. The van der Waals surface area contributed by atoms with Gasteiger partial charge in [0.15, 0.2) is 22.7 Å². The summed E-state index contributed by atoms with van der Waals surface area (Å²) in [6.45, 7) is 7.00. The Morgan fingerprint density at radius 2 is 1.81 bits per heavy atom. The maximum Gasteiger partial charge on any atom is 0.338 e. The van der Waals surface area contributed by atoms with Gasteiger partial charge in [0.2, 0.25) is 5.91 Å². The molecule has 0 aromatic heterocycles. The molecule has 0 saturated carbocycles. The second-order valence-electron chi connectivity index (χ2n) is 9.64. The lowest BCUT2D eigenvalue weighted by Crippen LogP contribution is -2.58. The highest BCUT2D eigenvalue weighted by molar-refractivity contribution is 7.80. The van der Waals surface area contributed by atoms with Crippen LogP contribution in [-0.2, 0) is 23.9 Å². The van der Waals surface area contributed by atoms with E-state index in [1.165, 1.54) is 4.90 Å². The fraction of sp³-hybridized carbons (Fsp3) is 0.276. The van der Waals surface area contributed by atoms with Crippen LogP contribution in [0.4, 0.5) is 5.69 Å². The first-order valence-corrected chi connectivity index (χ1v) is 14.1. The zero-order valence-electron chi connectivity index (χ0n) is 23.8. The summed E-state index contributed by atoms with van der Waals surface area (Å²) in [6, 6.07) is 11.5. The van der Waals surface area contributed by atoms with Crippen molar-refractivity contribution in [2.45, 2.75) is 33.7 Å². The van der Waals surface area contributed by atoms with E-state index in [0.717, 1.165) is 17.3 Å². The molecule has 1 fully saturated rings. The number of ether oxygens (including phenoxy) is 2. The van der Waals surface area contributed by atoms with Crippen LogP contribution in [0, 0.1) is 19.8 Å². The average molecular weight is 623 g/mol. The third-order valence-electron chi connectivity index (χ3n) is 6.72. The lowest BCUT2D eigenvalue weighted by atomic mass is 9.95. The molecule has 0 spiro atoms. The van der Waals surface area contributed by atoms with Gasteiger partial charge in [0, 0.05) is 17.5 Å². The third kappa shape index (κ3) is 7.04. The lowest BCUT2D eigenvalue weighted by Gasteiger charge is -2.31. The molecule has 0 unspecified atom stereocenters. The molecule has 2 atom stereocenters. The van der Waals surface area contributed by atoms with Crippen LogP contribution in [0.3, 0.4) is 0 Å². The number of carbonyl (C=O) groups excluding carboxylic acids is 4. The van der Waals surface area contributed by atoms with Crippen molar-refractivity contribution in [1.29, 1.82) is 0 Å². The van der Waals surface area contributed by atoms with Gasteiger partial charge in [0.05, 0.1) is 23.9 Å². The summed E-state index contributed by atoms with van der Waals surface area (Å²) < 4.78 is 11.0. The Labute approximate surface area is 258 Å². The van der Waals surface area contributed by atoms with Crippen LogP contribution >= 0.6 is 24.4 Å². The minimum atomic E-state index is -1.32. The molecular formula is C29H30N6O6S2. The zero-order valence-corrected chi connectivity index (χ0v) is 25.5. The lowest BCUT2D eigenvalue weighted by molar-refractivity contribution is -0.139. The molecule has 0 bridgehead atoms. The minimum absolute atomic E-state index is 0.0424. The number of hydrogen-bond donors (Lipinski definition) is 4. The predicted octanol–water partition coefficient (Wildman–Crippen LogP) is 2.20. The number of para-hydroxylation sites is 1. The molecule has 2 aliphatic rings. The van der Waals surface area contributed by atoms with Gasteiger partial charge in [-0.1, -0.05) is 24.3 Å². The Bertz CT molecular complexity index is 1570. The van der Waals surface area contributed by atoms with Crippen molar-refractivity contribution in [2.75, 3.05) is 18.1 Å². The summed E-state index contributed by atoms with van der Waals surface area (Å²) in [6.07, 6.45) is 1.04. The van der Waals surface area contributed by atoms with E-state index in [9.17, 15) is 19.2 Å². The Hall–Kier alpha value is -4.69. The van der Waals surface area contributed by atoms with E-state index in [2.05, 4.69) is 26.5 Å². The number of rotatable bonds is 9. The first kappa shape index (κ1) is 31.3. The molecular weight excluding hydrogens is 592 g/mol. The van der Waals surface area contributed by atoms with Crippen LogP contribution in [0.1, 0.15) is 36.6 Å². The molecule has 2 heterocycles. The number of benzene rings is 2. The molecule has 2 aliphatic heterocycles. The van der Waals surface area contributed by atoms with E-state index in [1.54, 1.807) is 50.2 Å². The average Bonchev–Trinajstić information content (AvgIpc) is 2.95. The number of anilines is 1. The van der Waals surface area contributed by atoms with Crippen molar-refractivity contribution in [1.82, 2.24) is 21.4 Å². The molecule has 43 heavy (non-hydrogen) atoms. The molecule has 224 valence electrons. The first-order valence-electron chi connectivity index (χ1n) is 13.3. The molecule has 0 radical (unpaired) electrons. The summed E-state index contributed by atoms with van der Waals surface area (Å²) in [5.41, 5.74) is 6.18.